The third-order valence-corrected chi connectivity index (χ3v) is 3.00. The molecule has 1 amide bonds. The van der Waals surface area contributed by atoms with Crippen molar-refractivity contribution in [2.24, 2.45) is 0 Å². The number of aliphatic hydroxyl groups excluding tert-OH is 1. The van der Waals surface area contributed by atoms with Crippen LogP contribution in [0.5, 0.6) is 5.75 Å². The van der Waals surface area contributed by atoms with Crippen LogP contribution in [0, 0.1) is 0 Å². The van der Waals surface area contributed by atoms with Gasteiger partial charge in [-0.25, -0.2) is 4.79 Å². The lowest BCUT2D eigenvalue weighted by molar-refractivity contribution is 0.0957. The average molecular weight is 237 g/mol. The van der Waals surface area contributed by atoms with Crippen molar-refractivity contribution in [3.05, 3.63) is 29.8 Å². The van der Waals surface area contributed by atoms with Gasteiger partial charge in [0.2, 0.25) is 0 Å². The minimum atomic E-state index is -0.672. The predicted molar refractivity (Wildman–Crippen MR) is 60.5 cm³/mol. The molecule has 5 heteroatoms. The molecule has 1 saturated heterocycles. The summed E-state index contributed by atoms with van der Waals surface area (Å²) in [6.07, 6.45) is -0.422. The second-order valence-electron chi connectivity index (χ2n) is 4.46. The van der Waals surface area contributed by atoms with E-state index in [-0.39, 0.29) is 19.0 Å². The van der Waals surface area contributed by atoms with Gasteiger partial charge in [0.1, 0.15) is 17.9 Å². The lowest BCUT2D eigenvalue weighted by Gasteiger charge is -2.29. The van der Waals surface area contributed by atoms with Crippen molar-refractivity contribution in [1.29, 1.82) is 0 Å². The monoisotopic (exact) mass is 237 g/mol. The SMILES string of the molecule is CC1(CO)COC(=O)N1Cc1ccc(O)cc1. The van der Waals surface area contributed by atoms with Crippen LogP contribution in [-0.4, -0.2) is 40.0 Å². The molecule has 17 heavy (non-hydrogen) atoms. The zero-order valence-electron chi connectivity index (χ0n) is 9.59. The second kappa shape index (κ2) is 4.25. The van der Waals surface area contributed by atoms with Crippen LogP contribution in [0.4, 0.5) is 4.79 Å². The zero-order chi connectivity index (χ0) is 12.5. The number of amides is 1. The van der Waals surface area contributed by atoms with Crippen molar-refractivity contribution < 1.29 is 19.7 Å². The van der Waals surface area contributed by atoms with E-state index in [1.54, 1.807) is 31.2 Å². The molecule has 0 radical (unpaired) electrons. The first-order valence-corrected chi connectivity index (χ1v) is 5.38. The highest BCUT2D eigenvalue weighted by molar-refractivity contribution is 5.71. The number of hydrogen-bond acceptors (Lipinski definition) is 4. The van der Waals surface area contributed by atoms with E-state index in [1.807, 2.05) is 0 Å². The van der Waals surface area contributed by atoms with E-state index in [9.17, 15) is 15.0 Å². The normalized spacial score (nSPS) is 23.9. The predicted octanol–water partition coefficient (Wildman–Crippen LogP) is 1.10. The minimum Gasteiger partial charge on any atom is -0.508 e. The van der Waals surface area contributed by atoms with Gasteiger partial charge in [-0.2, -0.15) is 0 Å². The van der Waals surface area contributed by atoms with Crippen LogP contribution in [0.15, 0.2) is 24.3 Å². The van der Waals surface area contributed by atoms with Gasteiger partial charge in [0.15, 0.2) is 0 Å². The molecule has 0 bridgehead atoms. The Labute approximate surface area is 99.2 Å². The highest BCUT2D eigenvalue weighted by atomic mass is 16.6. The molecule has 0 saturated carbocycles. The quantitative estimate of drug-likeness (QED) is 0.825. The Balaban J connectivity index is 2.16. The number of nitrogens with zero attached hydrogens (tertiary/aromatic N) is 1. The molecule has 1 aliphatic heterocycles. The third-order valence-electron chi connectivity index (χ3n) is 3.00. The number of ether oxygens (including phenoxy) is 1. The van der Waals surface area contributed by atoms with E-state index >= 15 is 0 Å². The maximum Gasteiger partial charge on any atom is 0.410 e. The van der Waals surface area contributed by atoms with Crippen molar-refractivity contribution in [2.75, 3.05) is 13.2 Å². The average Bonchev–Trinajstić information content (AvgIpc) is 2.61. The fraction of sp³-hybridized carbons (Fsp3) is 0.417. The Bertz CT molecular complexity index is 417. The number of aromatic hydroxyl groups is 1. The van der Waals surface area contributed by atoms with Gasteiger partial charge in [-0.1, -0.05) is 12.1 Å². The summed E-state index contributed by atoms with van der Waals surface area (Å²) in [4.78, 5) is 13.1. The highest BCUT2D eigenvalue weighted by Gasteiger charge is 2.43. The number of carbonyl (C=O) groups excluding carboxylic acids is 1. The van der Waals surface area contributed by atoms with E-state index in [0.29, 0.717) is 6.54 Å². The maximum absolute atomic E-state index is 11.6. The molecule has 0 spiro atoms. The summed E-state index contributed by atoms with van der Waals surface area (Å²) in [7, 11) is 0. The van der Waals surface area contributed by atoms with Crippen LogP contribution in [0.3, 0.4) is 0 Å². The van der Waals surface area contributed by atoms with Gasteiger partial charge < -0.3 is 14.9 Å². The first-order valence-electron chi connectivity index (χ1n) is 5.38. The number of benzene rings is 1. The molecule has 5 nitrogen and oxygen atoms in total. The summed E-state index contributed by atoms with van der Waals surface area (Å²) in [5.41, 5.74) is 0.205. The highest BCUT2D eigenvalue weighted by Crippen LogP contribution is 2.26. The van der Waals surface area contributed by atoms with Crippen molar-refractivity contribution >= 4 is 6.09 Å². The summed E-state index contributed by atoms with van der Waals surface area (Å²) in [6, 6.07) is 6.59. The largest absolute Gasteiger partial charge is 0.508 e. The zero-order valence-corrected chi connectivity index (χ0v) is 9.59. The Kier molecular flexibility index (Phi) is 2.93. The van der Waals surface area contributed by atoms with Crippen molar-refractivity contribution in [3.8, 4) is 5.75 Å². The number of rotatable bonds is 3. The van der Waals surface area contributed by atoms with Gasteiger partial charge in [0.25, 0.3) is 0 Å². The topological polar surface area (TPSA) is 70.0 Å². The first-order chi connectivity index (χ1) is 8.05. The molecule has 1 heterocycles. The molecule has 1 fully saturated rings. The summed E-state index contributed by atoms with van der Waals surface area (Å²) < 4.78 is 4.95. The number of cyclic esters (lactones) is 1. The number of carbonyl (C=O) groups is 1. The van der Waals surface area contributed by atoms with Crippen LogP contribution >= 0.6 is 0 Å². The molecule has 92 valence electrons. The third kappa shape index (κ3) is 2.19. The second-order valence-corrected chi connectivity index (χ2v) is 4.46. The van der Waals surface area contributed by atoms with E-state index in [1.165, 1.54) is 4.90 Å². The number of phenols is 1. The smallest absolute Gasteiger partial charge is 0.410 e. The molecule has 0 aliphatic carbocycles. The van der Waals surface area contributed by atoms with Gasteiger partial charge in [0, 0.05) is 6.54 Å². The van der Waals surface area contributed by atoms with Crippen molar-refractivity contribution in [1.82, 2.24) is 4.90 Å². The summed E-state index contributed by atoms with van der Waals surface area (Å²) in [5.74, 6) is 0.183. The van der Waals surface area contributed by atoms with Gasteiger partial charge in [-0.3, -0.25) is 4.90 Å². The molecule has 1 unspecified atom stereocenters. The van der Waals surface area contributed by atoms with Crippen molar-refractivity contribution in [2.45, 2.75) is 19.0 Å². The number of phenolic OH excluding ortho intramolecular Hbond substituents is 1. The summed E-state index contributed by atoms with van der Waals surface area (Å²) in [6.45, 7) is 2.19. The molecule has 1 aromatic carbocycles. The molecular weight excluding hydrogens is 222 g/mol. The molecule has 2 N–H and O–H groups in total. The molecule has 1 aliphatic rings. The molecule has 2 rings (SSSR count). The standard InChI is InChI=1S/C12H15NO4/c1-12(7-14)8-17-11(16)13(12)6-9-2-4-10(15)5-3-9/h2-5,14-15H,6-8H2,1H3. The molecular formula is C12H15NO4. The Morgan fingerprint density at radius 3 is 2.65 bits per heavy atom. The Hall–Kier alpha value is -1.75. The lowest BCUT2D eigenvalue weighted by Crippen LogP contribution is -2.47. The molecule has 0 aromatic heterocycles. The first kappa shape index (κ1) is 11.7. The van der Waals surface area contributed by atoms with Crippen molar-refractivity contribution in [3.63, 3.8) is 0 Å². The summed E-state index contributed by atoms with van der Waals surface area (Å²) in [5, 5.41) is 18.5. The number of hydrogen-bond donors (Lipinski definition) is 2. The van der Waals surface area contributed by atoms with Gasteiger partial charge in [-0.15, -0.1) is 0 Å². The van der Waals surface area contributed by atoms with Crippen LogP contribution in [-0.2, 0) is 11.3 Å². The van der Waals surface area contributed by atoms with Gasteiger partial charge in [-0.05, 0) is 24.6 Å². The van der Waals surface area contributed by atoms with Crippen LogP contribution < -0.4 is 0 Å². The number of aliphatic hydroxyl groups is 1. The fourth-order valence-electron chi connectivity index (χ4n) is 1.76. The lowest BCUT2D eigenvalue weighted by atomic mass is 10.0. The Morgan fingerprint density at radius 1 is 1.41 bits per heavy atom. The van der Waals surface area contributed by atoms with Crippen LogP contribution in [0.1, 0.15) is 12.5 Å². The van der Waals surface area contributed by atoms with E-state index in [4.69, 9.17) is 4.74 Å². The summed E-state index contributed by atoms with van der Waals surface area (Å²) >= 11 is 0. The molecule has 1 atom stereocenters. The van der Waals surface area contributed by atoms with Crippen LogP contribution in [0.2, 0.25) is 0 Å². The van der Waals surface area contributed by atoms with Gasteiger partial charge >= 0.3 is 6.09 Å². The Morgan fingerprint density at radius 2 is 2.06 bits per heavy atom. The van der Waals surface area contributed by atoms with E-state index in [0.717, 1.165) is 5.56 Å². The molecule has 1 aromatic rings. The fourth-order valence-corrected chi connectivity index (χ4v) is 1.76. The van der Waals surface area contributed by atoms with Gasteiger partial charge in [0.05, 0.1) is 6.61 Å². The van der Waals surface area contributed by atoms with E-state index < -0.39 is 11.6 Å². The van der Waals surface area contributed by atoms with E-state index in [2.05, 4.69) is 0 Å². The van der Waals surface area contributed by atoms with Crippen LogP contribution in [0.25, 0.3) is 0 Å². The minimum absolute atomic E-state index is 0.142. The maximum atomic E-state index is 11.6.